The number of primary amides is 1. The van der Waals surface area contributed by atoms with Crippen LogP contribution in [0, 0.1) is 11.8 Å². The third-order valence-corrected chi connectivity index (χ3v) is 8.91. The number of allylic oxidation sites excluding steroid dienone is 1. The van der Waals surface area contributed by atoms with E-state index >= 15 is 0 Å². The Kier molecular flexibility index (Phi) is 5.70. The highest BCUT2D eigenvalue weighted by molar-refractivity contribution is 7.18. The molecule has 2 aromatic heterocycles. The van der Waals surface area contributed by atoms with Gasteiger partial charge in [0.25, 0.3) is 0 Å². The minimum atomic E-state index is -1.22. The van der Waals surface area contributed by atoms with Crippen LogP contribution in [0.15, 0.2) is 48.7 Å². The van der Waals surface area contributed by atoms with Gasteiger partial charge < -0.3 is 26.2 Å². The van der Waals surface area contributed by atoms with E-state index in [9.17, 15) is 29.4 Å². The Hall–Kier alpha value is -4.29. The molecule has 1 aromatic carbocycles. The molecule has 0 radical (unpaired) electrons. The average Bonchev–Trinajstić information content (AvgIpc) is 3.53. The molecule has 39 heavy (non-hydrogen) atoms. The molecule has 6 rings (SSSR count). The van der Waals surface area contributed by atoms with Gasteiger partial charge in [-0.2, -0.15) is 0 Å². The van der Waals surface area contributed by atoms with Gasteiger partial charge in [0.2, 0.25) is 17.6 Å². The van der Waals surface area contributed by atoms with E-state index in [1.807, 2.05) is 31.2 Å². The molecule has 3 aliphatic rings. The molecule has 1 saturated heterocycles. The largest absolute Gasteiger partial charge is 0.477 e. The SMILES string of the molecule is C[C@@H](O)[C@H]1C(=O)N2C(C(=O)O)=C(c3cn4cnc(C(=O)C5=CNC(CC(N)=O)c6ccccc65)c4s3)[C@H](C)[C@H]12. The van der Waals surface area contributed by atoms with Crippen molar-refractivity contribution in [2.45, 2.75) is 38.5 Å². The average molecular weight is 548 g/mol. The summed E-state index contributed by atoms with van der Waals surface area (Å²) in [5, 5.41) is 23.2. The standard InChI is InChI=1S/C27H25N5O6S/c1-11-19(23(27(37)38)32-22(11)20(12(2)33)25(32)36)17-9-31-10-30-21(26(31)39-17)24(35)15-8-29-16(7-18(28)34)14-6-4-3-5-13(14)15/h3-6,8-12,16,20,22,29,33H,7H2,1-2H3,(H2,28,34)(H,37,38)/t11-,12+,16?,20+,22+/m0/s1. The van der Waals surface area contributed by atoms with Crippen molar-refractivity contribution in [2.75, 3.05) is 0 Å². The lowest BCUT2D eigenvalue weighted by molar-refractivity contribution is -0.163. The number of amides is 2. The molecule has 5 heterocycles. The van der Waals surface area contributed by atoms with Crippen LogP contribution in [0.2, 0.25) is 0 Å². The Bertz CT molecular complexity index is 1650. The number of imidazole rings is 1. The maximum absolute atomic E-state index is 13.8. The zero-order valence-corrected chi connectivity index (χ0v) is 21.8. The number of aliphatic hydroxyl groups excluding tert-OH is 1. The fourth-order valence-corrected chi connectivity index (χ4v) is 7.27. The topological polar surface area (TPSA) is 167 Å². The van der Waals surface area contributed by atoms with Crippen molar-refractivity contribution in [1.82, 2.24) is 19.6 Å². The Morgan fingerprint density at radius 1 is 1.26 bits per heavy atom. The number of fused-ring (bicyclic) bond motifs is 3. The van der Waals surface area contributed by atoms with Gasteiger partial charge in [0.15, 0.2) is 0 Å². The molecule has 2 amide bonds. The number of thiazole rings is 1. The molecule has 200 valence electrons. The van der Waals surface area contributed by atoms with Gasteiger partial charge in [0.05, 0.1) is 35.4 Å². The number of β-lactam (4-membered cyclic amide) rings is 1. The number of aliphatic carboxylic acids is 1. The number of carboxylic acid groups (broad SMARTS) is 1. The summed E-state index contributed by atoms with van der Waals surface area (Å²) in [5.74, 6) is -3.41. The van der Waals surface area contributed by atoms with E-state index in [-0.39, 0.29) is 35.6 Å². The first kappa shape index (κ1) is 25.0. The first-order valence-corrected chi connectivity index (χ1v) is 13.3. The predicted molar refractivity (Wildman–Crippen MR) is 141 cm³/mol. The number of hydrogen-bond donors (Lipinski definition) is 4. The quantitative estimate of drug-likeness (QED) is 0.257. The van der Waals surface area contributed by atoms with Gasteiger partial charge in [-0.05, 0) is 18.1 Å². The summed E-state index contributed by atoms with van der Waals surface area (Å²) in [6, 6.07) is 6.50. The highest BCUT2D eigenvalue weighted by Crippen LogP contribution is 2.51. The van der Waals surface area contributed by atoms with Crippen LogP contribution in [0.1, 0.15) is 52.8 Å². The minimum Gasteiger partial charge on any atom is -0.477 e. The van der Waals surface area contributed by atoms with Gasteiger partial charge in [-0.3, -0.25) is 18.8 Å². The van der Waals surface area contributed by atoms with Crippen LogP contribution in [0.5, 0.6) is 0 Å². The van der Waals surface area contributed by atoms with Gasteiger partial charge in [0.1, 0.15) is 22.5 Å². The lowest BCUT2D eigenvalue weighted by Crippen LogP contribution is -2.63. The molecule has 5 N–H and O–H groups in total. The summed E-state index contributed by atoms with van der Waals surface area (Å²) in [6.07, 6.45) is 3.98. The van der Waals surface area contributed by atoms with Gasteiger partial charge in [0, 0.05) is 29.5 Å². The lowest BCUT2D eigenvalue weighted by atomic mass is 9.77. The first-order valence-electron chi connectivity index (χ1n) is 12.4. The number of nitrogens with two attached hydrogens (primary N) is 1. The molecule has 3 aliphatic heterocycles. The van der Waals surface area contributed by atoms with E-state index in [1.165, 1.54) is 29.5 Å². The first-order chi connectivity index (χ1) is 18.6. The molecule has 3 aromatic rings. The zero-order chi connectivity index (χ0) is 27.7. The fourth-order valence-electron chi connectivity index (χ4n) is 6.06. The van der Waals surface area contributed by atoms with Crippen LogP contribution in [-0.4, -0.2) is 60.2 Å². The molecule has 11 nitrogen and oxygen atoms in total. The predicted octanol–water partition coefficient (Wildman–Crippen LogP) is 1.79. The van der Waals surface area contributed by atoms with Crippen molar-refractivity contribution in [2.24, 2.45) is 17.6 Å². The van der Waals surface area contributed by atoms with Crippen molar-refractivity contribution in [3.63, 3.8) is 0 Å². The van der Waals surface area contributed by atoms with Crippen LogP contribution in [0.25, 0.3) is 16.0 Å². The van der Waals surface area contributed by atoms with Crippen LogP contribution >= 0.6 is 11.3 Å². The van der Waals surface area contributed by atoms with E-state index in [0.29, 0.717) is 26.4 Å². The minimum absolute atomic E-state index is 0.0770. The highest BCUT2D eigenvalue weighted by Gasteiger charge is 2.60. The van der Waals surface area contributed by atoms with Crippen molar-refractivity contribution in [1.29, 1.82) is 0 Å². The van der Waals surface area contributed by atoms with Crippen molar-refractivity contribution in [3.8, 4) is 0 Å². The van der Waals surface area contributed by atoms with Crippen molar-refractivity contribution >= 4 is 50.9 Å². The Labute approximate surface area is 226 Å². The summed E-state index contributed by atoms with van der Waals surface area (Å²) >= 11 is 1.23. The number of ketones is 1. The molecule has 0 aliphatic carbocycles. The molecule has 12 heteroatoms. The second-order valence-corrected chi connectivity index (χ2v) is 11.1. The number of hydrogen-bond acceptors (Lipinski definition) is 8. The van der Waals surface area contributed by atoms with Crippen molar-refractivity contribution in [3.05, 3.63) is 70.4 Å². The van der Waals surface area contributed by atoms with Gasteiger partial charge in [-0.15, -0.1) is 11.3 Å². The summed E-state index contributed by atoms with van der Waals surface area (Å²) in [5.41, 5.74) is 7.85. The van der Waals surface area contributed by atoms with E-state index in [2.05, 4.69) is 10.3 Å². The normalized spacial score (nSPS) is 24.5. The summed E-state index contributed by atoms with van der Waals surface area (Å²) in [7, 11) is 0. The van der Waals surface area contributed by atoms with E-state index in [1.54, 1.807) is 16.8 Å². The fraction of sp³-hybridized carbons (Fsp3) is 0.296. The molecular weight excluding hydrogens is 522 g/mol. The van der Waals surface area contributed by atoms with E-state index in [4.69, 9.17) is 5.73 Å². The monoisotopic (exact) mass is 547 g/mol. The lowest BCUT2D eigenvalue weighted by Gasteiger charge is -2.46. The Morgan fingerprint density at radius 2 is 2.00 bits per heavy atom. The number of aliphatic hydroxyl groups is 1. The van der Waals surface area contributed by atoms with Gasteiger partial charge in [-0.25, -0.2) is 9.78 Å². The number of benzene rings is 1. The second-order valence-electron chi connectivity index (χ2n) is 10.1. The third kappa shape index (κ3) is 3.62. The molecular formula is C27H25N5O6S. The van der Waals surface area contributed by atoms with Crippen molar-refractivity contribution < 1.29 is 29.4 Å². The van der Waals surface area contributed by atoms with E-state index in [0.717, 1.165) is 5.56 Å². The summed E-state index contributed by atoms with van der Waals surface area (Å²) in [4.78, 5) is 57.0. The smallest absolute Gasteiger partial charge is 0.352 e. The van der Waals surface area contributed by atoms with Gasteiger partial charge in [-0.1, -0.05) is 31.2 Å². The van der Waals surface area contributed by atoms with Crippen LogP contribution < -0.4 is 11.1 Å². The third-order valence-electron chi connectivity index (χ3n) is 7.77. The number of rotatable bonds is 7. The second kappa shape index (κ2) is 8.89. The van der Waals surface area contributed by atoms with E-state index < -0.39 is 35.8 Å². The van der Waals surface area contributed by atoms with Crippen LogP contribution in [0.3, 0.4) is 0 Å². The number of carbonyl (C=O) groups is 4. The summed E-state index contributed by atoms with van der Waals surface area (Å²) < 4.78 is 1.68. The summed E-state index contributed by atoms with van der Waals surface area (Å²) in [6.45, 7) is 3.38. The highest BCUT2D eigenvalue weighted by atomic mass is 32.1. The number of aromatic nitrogens is 2. The molecule has 5 atom stereocenters. The molecule has 0 bridgehead atoms. The number of carboxylic acids is 1. The zero-order valence-electron chi connectivity index (χ0n) is 21.0. The Morgan fingerprint density at radius 3 is 2.69 bits per heavy atom. The molecule has 0 saturated carbocycles. The number of Topliss-reactive ketones (excluding diaryl/α,β-unsaturated/α-hetero) is 1. The number of nitrogens with one attached hydrogen (secondary N) is 1. The molecule has 1 unspecified atom stereocenters. The molecule has 1 fully saturated rings. The number of nitrogens with zero attached hydrogens (tertiary/aromatic N) is 3. The van der Waals surface area contributed by atoms with Gasteiger partial charge >= 0.3 is 5.97 Å². The number of carbonyl (C=O) groups excluding carboxylic acids is 3. The maximum atomic E-state index is 13.8. The van der Waals surface area contributed by atoms with Crippen LogP contribution in [0.4, 0.5) is 0 Å². The maximum Gasteiger partial charge on any atom is 0.352 e. The Balaban J connectivity index is 1.39. The molecule has 0 spiro atoms. The van der Waals surface area contributed by atoms with Crippen LogP contribution in [-0.2, 0) is 14.4 Å².